The van der Waals surface area contributed by atoms with Crippen LogP contribution in [0, 0.1) is 13.8 Å². The summed E-state index contributed by atoms with van der Waals surface area (Å²) in [6.45, 7) is 7.58. The van der Waals surface area contributed by atoms with E-state index in [0.717, 1.165) is 11.1 Å². The highest BCUT2D eigenvalue weighted by molar-refractivity contribution is 6.03. The smallest absolute Gasteiger partial charge is 0.194 e. The zero-order valence-electron chi connectivity index (χ0n) is 10.5. The molecule has 0 spiro atoms. The summed E-state index contributed by atoms with van der Waals surface area (Å²) in [6, 6.07) is 5.63. The number of hydrogen-bond acceptors (Lipinski definition) is 2. The number of aryl methyl sites for hydroxylation is 1. The van der Waals surface area contributed by atoms with Gasteiger partial charge >= 0.3 is 0 Å². The Morgan fingerprint density at radius 3 is 2.31 bits per heavy atom. The number of benzene rings is 1. The summed E-state index contributed by atoms with van der Waals surface area (Å²) in [5, 5.41) is 10.2. The van der Waals surface area contributed by atoms with Crippen molar-refractivity contribution in [3.05, 3.63) is 34.9 Å². The van der Waals surface area contributed by atoms with Gasteiger partial charge in [-0.3, -0.25) is 4.79 Å². The topological polar surface area (TPSA) is 37.3 Å². The Hall–Kier alpha value is -1.15. The van der Waals surface area contributed by atoms with Gasteiger partial charge in [-0.2, -0.15) is 0 Å². The molecule has 0 aromatic heterocycles. The van der Waals surface area contributed by atoms with Crippen LogP contribution in [0.15, 0.2) is 18.2 Å². The number of ketones is 1. The van der Waals surface area contributed by atoms with Crippen molar-refractivity contribution in [2.45, 2.75) is 46.1 Å². The molecule has 0 amide bonds. The molecule has 0 saturated carbocycles. The van der Waals surface area contributed by atoms with Crippen molar-refractivity contribution in [1.29, 1.82) is 0 Å². The molecule has 0 atom stereocenters. The van der Waals surface area contributed by atoms with E-state index in [1.807, 2.05) is 39.8 Å². The maximum absolute atomic E-state index is 12.3. The second kappa shape index (κ2) is 4.79. The molecule has 0 bridgehead atoms. The van der Waals surface area contributed by atoms with Crippen molar-refractivity contribution in [3.8, 4) is 0 Å². The van der Waals surface area contributed by atoms with Gasteiger partial charge in [-0.05, 0) is 37.8 Å². The molecule has 16 heavy (non-hydrogen) atoms. The van der Waals surface area contributed by atoms with E-state index in [1.165, 1.54) is 0 Å². The van der Waals surface area contributed by atoms with E-state index in [1.54, 1.807) is 6.07 Å². The van der Waals surface area contributed by atoms with Crippen LogP contribution in [0.2, 0.25) is 0 Å². The fourth-order valence-electron chi connectivity index (χ4n) is 1.82. The zero-order chi connectivity index (χ0) is 12.3. The van der Waals surface area contributed by atoms with Gasteiger partial charge in [-0.25, -0.2) is 0 Å². The first-order valence-electron chi connectivity index (χ1n) is 5.79. The third kappa shape index (κ3) is 2.17. The SMILES string of the molecule is CCC(O)(CC)C(=O)c1cccc(C)c1C. The number of Topliss-reactive ketones (excluding diaryl/α,β-unsaturated/α-hetero) is 1. The van der Waals surface area contributed by atoms with Gasteiger partial charge in [-0.15, -0.1) is 0 Å². The maximum atomic E-state index is 12.3. The summed E-state index contributed by atoms with van der Waals surface area (Å²) in [4.78, 5) is 12.3. The lowest BCUT2D eigenvalue weighted by molar-refractivity contribution is 0.0277. The molecule has 0 unspecified atom stereocenters. The zero-order valence-corrected chi connectivity index (χ0v) is 10.5. The first-order chi connectivity index (χ1) is 7.46. The Balaban J connectivity index is 3.19. The molecule has 0 radical (unpaired) electrons. The molecule has 0 fully saturated rings. The van der Waals surface area contributed by atoms with E-state index in [0.29, 0.717) is 18.4 Å². The lowest BCUT2D eigenvalue weighted by Crippen LogP contribution is -2.37. The van der Waals surface area contributed by atoms with Crippen molar-refractivity contribution in [2.75, 3.05) is 0 Å². The third-order valence-corrected chi connectivity index (χ3v) is 3.44. The molecule has 1 aromatic rings. The Morgan fingerprint density at radius 1 is 1.25 bits per heavy atom. The second-order valence-corrected chi connectivity index (χ2v) is 4.32. The van der Waals surface area contributed by atoms with E-state index >= 15 is 0 Å². The number of aliphatic hydroxyl groups is 1. The summed E-state index contributed by atoms with van der Waals surface area (Å²) < 4.78 is 0. The summed E-state index contributed by atoms with van der Waals surface area (Å²) >= 11 is 0. The molecule has 1 aromatic carbocycles. The minimum absolute atomic E-state index is 0.154. The fourth-order valence-corrected chi connectivity index (χ4v) is 1.82. The molecular weight excluding hydrogens is 200 g/mol. The average Bonchev–Trinajstić information content (AvgIpc) is 2.31. The van der Waals surface area contributed by atoms with Crippen LogP contribution >= 0.6 is 0 Å². The predicted octanol–water partition coefficient (Wildman–Crippen LogP) is 3.04. The molecular formula is C14H20O2. The highest BCUT2D eigenvalue weighted by Gasteiger charge is 2.33. The number of carbonyl (C=O) groups is 1. The number of rotatable bonds is 4. The Kier molecular flexibility index (Phi) is 3.87. The van der Waals surface area contributed by atoms with Gasteiger partial charge in [0.2, 0.25) is 0 Å². The highest BCUT2D eigenvalue weighted by atomic mass is 16.3. The summed E-state index contributed by atoms with van der Waals surface area (Å²) in [5.41, 5.74) is 1.48. The number of hydrogen-bond donors (Lipinski definition) is 1. The van der Waals surface area contributed by atoms with Gasteiger partial charge in [0.1, 0.15) is 5.60 Å². The molecule has 0 aliphatic heterocycles. The van der Waals surface area contributed by atoms with E-state index < -0.39 is 5.60 Å². The second-order valence-electron chi connectivity index (χ2n) is 4.32. The van der Waals surface area contributed by atoms with Crippen molar-refractivity contribution >= 4 is 5.78 Å². The Labute approximate surface area is 97.3 Å². The first-order valence-corrected chi connectivity index (χ1v) is 5.79. The highest BCUT2D eigenvalue weighted by Crippen LogP contribution is 2.24. The van der Waals surface area contributed by atoms with Gasteiger partial charge in [0.05, 0.1) is 0 Å². The van der Waals surface area contributed by atoms with Crippen molar-refractivity contribution in [1.82, 2.24) is 0 Å². The van der Waals surface area contributed by atoms with Crippen molar-refractivity contribution < 1.29 is 9.90 Å². The van der Waals surface area contributed by atoms with Crippen LogP contribution in [0.4, 0.5) is 0 Å². The molecule has 88 valence electrons. The van der Waals surface area contributed by atoms with Gasteiger partial charge in [0, 0.05) is 5.56 Å². The van der Waals surface area contributed by atoms with E-state index in [9.17, 15) is 9.90 Å². The van der Waals surface area contributed by atoms with Gasteiger partial charge in [0.25, 0.3) is 0 Å². The molecule has 0 aliphatic rings. The standard InChI is InChI=1S/C14H20O2/c1-5-14(16,6-2)13(15)12-9-7-8-10(3)11(12)4/h7-9,16H,5-6H2,1-4H3. The van der Waals surface area contributed by atoms with E-state index in [4.69, 9.17) is 0 Å². The van der Waals surface area contributed by atoms with Crippen LogP contribution in [0.5, 0.6) is 0 Å². The minimum atomic E-state index is -1.21. The van der Waals surface area contributed by atoms with Crippen LogP contribution in [0.1, 0.15) is 48.2 Å². The lowest BCUT2D eigenvalue weighted by Gasteiger charge is -2.24. The fraction of sp³-hybridized carbons (Fsp3) is 0.500. The number of carbonyl (C=O) groups excluding carboxylic acids is 1. The normalized spacial score (nSPS) is 11.6. The molecule has 0 heterocycles. The van der Waals surface area contributed by atoms with E-state index in [-0.39, 0.29) is 5.78 Å². The summed E-state index contributed by atoms with van der Waals surface area (Å²) in [6.07, 6.45) is 0.908. The lowest BCUT2D eigenvalue weighted by atomic mass is 9.85. The molecule has 1 N–H and O–H groups in total. The third-order valence-electron chi connectivity index (χ3n) is 3.44. The maximum Gasteiger partial charge on any atom is 0.194 e. The summed E-state index contributed by atoms with van der Waals surface area (Å²) in [7, 11) is 0. The van der Waals surface area contributed by atoms with Crippen molar-refractivity contribution in [2.24, 2.45) is 0 Å². The molecule has 1 rings (SSSR count). The van der Waals surface area contributed by atoms with Crippen LogP contribution < -0.4 is 0 Å². The predicted molar refractivity (Wildman–Crippen MR) is 65.8 cm³/mol. The quantitative estimate of drug-likeness (QED) is 0.792. The molecule has 2 nitrogen and oxygen atoms in total. The Morgan fingerprint density at radius 2 is 1.81 bits per heavy atom. The van der Waals surface area contributed by atoms with Crippen LogP contribution in [0.3, 0.4) is 0 Å². The summed E-state index contributed by atoms with van der Waals surface area (Å²) in [5.74, 6) is -0.154. The molecule has 0 aliphatic carbocycles. The van der Waals surface area contributed by atoms with Crippen LogP contribution in [-0.4, -0.2) is 16.5 Å². The largest absolute Gasteiger partial charge is 0.382 e. The minimum Gasteiger partial charge on any atom is -0.382 e. The van der Waals surface area contributed by atoms with Crippen LogP contribution in [-0.2, 0) is 0 Å². The first kappa shape index (κ1) is 12.9. The monoisotopic (exact) mass is 220 g/mol. The van der Waals surface area contributed by atoms with Crippen molar-refractivity contribution in [3.63, 3.8) is 0 Å². The van der Waals surface area contributed by atoms with Gasteiger partial charge < -0.3 is 5.11 Å². The van der Waals surface area contributed by atoms with Gasteiger partial charge in [-0.1, -0.05) is 32.0 Å². The Bertz CT molecular complexity index is 390. The van der Waals surface area contributed by atoms with Crippen LogP contribution in [0.25, 0.3) is 0 Å². The molecule has 0 saturated heterocycles. The van der Waals surface area contributed by atoms with E-state index in [2.05, 4.69) is 0 Å². The molecule has 2 heteroatoms. The average molecular weight is 220 g/mol. The van der Waals surface area contributed by atoms with Gasteiger partial charge in [0.15, 0.2) is 5.78 Å².